The number of hydrogen-bond donors (Lipinski definition) is 1. The van der Waals surface area contributed by atoms with Crippen LogP contribution in [0.3, 0.4) is 0 Å². The lowest BCUT2D eigenvalue weighted by molar-refractivity contribution is -0.140. The molecule has 0 heterocycles. The molecule has 31 heavy (non-hydrogen) atoms. The molecule has 1 atom stereocenters. The van der Waals surface area contributed by atoms with Gasteiger partial charge in [-0.15, -0.1) is 11.8 Å². The first kappa shape index (κ1) is 25.1. The van der Waals surface area contributed by atoms with Crippen molar-refractivity contribution >= 4 is 35.2 Å². The van der Waals surface area contributed by atoms with E-state index < -0.39 is 6.04 Å². The molecule has 0 aliphatic heterocycles. The third-order valence-corrected chi connectivity index (χ3v) is 6.00. The van der Waals surface area contributed by atoms with Crippen molar-refractivity contribution in [3.05, 3.63) is 59.1 Å². The van der Waals surface area contributed by atoms with Crippen molar-refractivity contribution in [3.63, 3.8) is 0 Å². The van der Waals surface area contributed by atoms with Crippen molar-refractivity contribution in [2.75, 3.05) is 19.4 Å². The van der Waals surface area contributed by atoms with E-state index >= 15 is 0 Å². The van der Waals surface area contributed by atoms with Crippen LogP contribution in [0.2, 0.25) is 5.02 Å². The Bertz CT molecular complexity index is 858. The molecule has 0 radical (unpaired) electrons. The number of nitrogens with one attached hydrogen (secondary N) is 1. The monoisotopic (exact) mass is 462 g/mol. The van der Waals surface area contributed by atoms with Gasteiger partial charge in [0.05, 0.1) is 7.11 Å². The van der Waals surface area contributed by atoms with Gasteiger partial charge >= 0.3 is 0 Å². The molecule has 2 rings (SSSR count). The fraction of sp³-hybridized carbons (Fsp3) is 0.417. The Morgan fingerprint density at radius 1 is 1.13 bits per heavy atom. The van der Waals surface area contributed by atoms with Crippen molar-refractivity contribution in [3.8, 4) is 5.75 Å². The molecule has 0 spiro atoms. The Morgan fingerprint density at radius 3 is 2.48 bits per heavy atom. The minimum atomic E-state index is -0.571. The Kier molecular flexibility index (Phi) is 10.2. The molecule has 0 fully saturated rings. The maximum Gasteiger partial charge on any atom is 0.242 e. The number of benzene rings is 2. The number of carbonyl (C=O) groups is 2. The van der Waals surface area contributed by atoms with Crippen LogP contribution >= 0.6 is 23.4 Å². The van der Waals surface area contributed by atoms with Crippen LogP contribution in [0.1, 0.15) is 32.8 Å². The first-order chi connectivity index (χ1) is 14.8. The van der Waals surface area contributed by atoms with Gasteiger partial charge in [-0.2, -0.15) is 0 Å². The number of carbonyl (C=O) groups excluding carboxylic acids is 2. The first-order valence-electron chi connectivity index (χ1n) is 10.4. The van der Waals surface area contributed by atoms with Crippen LogP contribution in [0.4, 0.5) is 0 Å². The van der Waals surface area contributed by atoms with Gasteiger partial charge in [0, 0.05) is 35.2 Å². The summed E-state index contributed by atoms with van der Waals surface area (Å²) in [6.07, 6.45) is 0.332. The zero-order valence-electron chi connectivity index (χ0n) is 18.6. The van der Waals surface area contributed by atoms with Gasteiger partial charge in [-0.25, -0.2) is 0 Å². The van der Waals surface area contributed by atoms with E-state index in [2.05, 4.69) is 5.32 Å². The van der Waals surface area contributed by atoms with Crippen LogP contribution in [0.15, 0.2) is 53.4 Å². The molecule has 2 aromatic carbocycles. The number of rotatable bonds is 11. The van der Waals surface area contributed by atoms with Crippen molar-refractivity contribution in [2.24, 2.45) is 5.92 Å². The van der Waals surface area contributed by atoms with Gasteiger partial charge in [-0.1, -0.05) is 37.6 Å². The molecule has 0 aromatic heterocycles. The lowest BCUT2D eigenvalue weighted by atomic mass is 10.1. The highest BCUT2D eigenvalue weighted by Gasteiger charge is 2.26. The highest BCUT2D eigenvalue weighted by atomic mass is 35.5. The predicted molar refractivity (Wildman–Crippen MR) is 128 cm³/mol. The molecule has 7 heteroatoms. The Hall–Kier alpha value is -2.18. The minimum Gasteiger partial charge on any atom is -0.497 e. The van der Waals surface area contributed by atoms with E-state index in [4.69, 9.17) is 16.3 Å². The summed E-state index contributed by atoms with van der Waals surface area (Å²) in [7, 11) is 1.61. The summed E-state index contributed by atoms with van der Waals surface area (Å²) in [4.78, 5) is 28.5. The SMILES string of the molecule is COc1cccc(CN(C(=O)CCSc2ccc(Cl)cc2)C(C)C(=O)NCC(C)C)c1. The van der Waals surface area contributed by atoms with E-state index in [0.29, 0.717) is 36.2 Å². The number of amides is 2. The number of halogens is 1. The molecule has 2 aromatic rings. The lowest BCUT2D eigenvalue weighted by Crippen LogP contribution is -2.48. The van der Waals surface area contributed by atoms with Crippen molar-refractivity contribution in [2.45, 2.75) is 44.7 Å². The minimum absolute atomic E-state index is 0.0588. The second kappa shape index (κ2) is 12.6. The molecule has 0 aliphatic carbocycles. The average molecular weight is 463 g/mol. The van der Waals surface area contributed by atoms with E-state index in [9.17, 15) is 9.59 Å². The molecule has 5 nitrogen and oxygen atoms in total. The third-order valence-electron chi connectivity index (χ3n) is 4.74. The van der Waals surface area contributed by atoms with Crippen LogP contribution in [-0.2, 0) is 16.1 Å². The standard InChI is InChI=1S/C24H31ClN2O3S/c1-17(2)15-26-24(29)18(3)27(16-19-6-5-7-21(14-19)30-4)23(28)12-13-31-22-10-8-20(25)9-11-22/h5-11,14,17-18H,12-13,15-16H2,1-4H3,(H,26,29). The lowest BCUT2D eigenvalue weighted by Gasteiger charge is -2.29. The highest BCUT2D eigenvalue weighted by molar-refractivity contribution is 7.99. The summed E-state index contributed by atoms with van der Waals surface area (Å²) in [5, 5.41) is 3.62. The number of thioether (sulfide) groups is 1. The molecule has 0 saturated heterocycles. The summed E-state index contributed by atoms with van der Waals surface area (Å²) in [5.74, 6) is 1.48. The zero-order chi connectivity index (χ0) is 22.8. The van der Waals surface area contributed by atoms with Gasteiger partial charge in [0.15, 0.2) is 0 Å². The van der Waals surface area contributed by atoms with Crippen LogP contribution in [-0.4, -0.2) is 42.2 Å². The van der Waals surface area contributed by atoms with Crippen LogP contribution in [0.5, 0.6) is 5.75 Å². The fourth-order valence-corrected chi connectivity index (χ4v) is 3.90. The van der Waals surface area contributed by atoms with Gasteiger partial charge in [-0.05, 0) is 54.8 Å². The summed E-state index contributed by atoms with van der Waals surface area (Å²) >= 11 is 7.52. The van der Waals surface area contributed by atoms with E-state index in [0.717, 1.165) is 16.2 Å². The van der Waals surface area contributed by atoms with Crippen LogP contribution in [0.25, 0.3) is 0 Å². The maximum absolute atomic E-state index is 13.1. The predicted octanol–water partition coefficient (Wildman–Crippen LogP) is 5.02. The van der Waals surface area contributed by atoms with Gasteiger partial charge in [-0.3, -0.25) is 9.59 Å². The molecule has 0 aliphatic rings. The second-order valence-electron chi connectivity index (χ2n) is 7.74. The van der Waals surface area contributed by atoms with Gasteiger partial charge in [0.2, 0.25) is 11.8 Å². The van der Waals surface area contributed by atoms with Crippen molar-refractivity contribution < 1.29 is 14.3 Å². The van der Waals surface area contributed by atoms with Gasteiger partial charge < -0.3 is 15.0 Å². The fourth-order valence-electron chi connectivity index (χ4n) is 2.93. The number of ether oxygens (including phenoxy) is 1. The molecule has 2 amide bonds. The Labute approximate surface area is 194 Å². The third kappa shape index (κ3) is 8.46. The largest absolute Gasteiger partial charge is 0.497 e. The van der Waals surface area contributed by atoms with Crippen molar-refractivity contribution in [1.82, 2.24) is 10.2 Å². The molecular weight excluding hydrogens is 432 g/mol. The smallest absolute Gasteiger partial charge is 0.242 e. The van der Waals surface area contributed by atoms with E-state index in [1.165, 1.54) is 0 Å². The molecule has 1 N–H and O–H groups in total. The van der Waals surface area contributed by atoms with Gasteiger partial charge in [0.25, 0.3) is 0 Å². The van der Waals surface area contributed by atoms with Crippen molar-refractivity contribution in [1.29, 1.82) is 0 Å². The quantitative estimate of drug-likeness (QED) is 0.476. The molecule has 1 unspecified atom stereocenters. The van der Waals surface area contributed by atoms with Crippen LogP contribution in [0, 0.1) is 5.92 Å². The number of hydrogen-bond acceptors (Lipinski definition) is 4. The summed E-state index contributed by atoms with van der Waals surface area (Å²) in [5.41, 5.74) is 0.918. The zero-order valence-corrected chi connectivity index (χ0v) is 20.1. The molecular formula is C24H31ClN2O3S. The maximum atomic E-state index is 13.1. The molecule has 0 bridgehead atoms. The average Bonchev–Trinajstić information content (AvgIpc) is 2.76. The van der Waals surface area contributed by atoms with Gasteiger partial charge in [0.1, 0.15) is 11.8 Å². The number of methoxy groups -OCH3 is 1. The second-order valence-corrected chi connectivity index (χ2v) is 9.35. The summed E-state index contributed by atoms with van der Waals surface area (Å²) < 4.78 is 5.30. The van der Waals surface area contributed by atoms with E-state index in [1.54, 1.807) is 30.7 Å². The molecule has 168 valence electrons. The van der Waals surface area contributed by atoms with E-state index in [1.807, 2.05) is 62.4 Å². The topological polar surface area (TPSA) is 58.6 Å². The van der Waals surface area contributed by atoms with E-state index in [-0.39, 0.29) is 11.8 Å². The Balaban J connectivity index is 2.07. The normalized spacial score (nSPS) is 11.8. The first-order valence-corrected chi connectivity index (χ1v) is 11.7. The Morgan fingerprint density at radius 2 is 1.84 bits per heavy atom. The number of nitrogens with zero attached hydrogens (tertiary/aromatic N) is 1. The van der Waals surface area contributed by atoms with Crippen LogP contribution < -0.4 is 10.1 Å². The summed E-state index contributed by atoms with van der Waals surface area (Å²) in [6.45, 7) is 6.78. The summed E-state index contributed by atoms with van der Waals surface area (Å²) in [6, 6.07) is 14.5. The highest BCUT2D eigenvalue weighted by Crippen LogP contribution is 2.22. The molecule has 0 saturated carbocycles.